The molecule has 0 saturated heterocycles. The molecule has 1 aromatic carbocycles. The Balaban J connectivity index is 2.19. The molecule has 0 aliphatic heterocycles. The summed E-state index contributed by atoms with van der Waals surface area (Å²) in [6, 6.07) is 5.22. The highest BCUT2D eigenvalue weighted by Crippen LogP contribution is 2.29. The van der Waals surface area contributed by atoms with Crippen molar-refractivity contribution in [3.05, 3.63) is 42.0 Å². The summed E-state index contributed by atoms with van der Waals surface area (Å²) in [5, 5.41) is 9.70. The number of nitrogens with zero attached hydrogens (tertiary/aromatic N) is 4. The lowest BCUT2D eigenvalue weighted by Gasteiger charge is -2.10. The van der Waals surface area contributed by atoms with Crippen LogP contribution in [0, 0.1) is 0 Å². The van der Waals surface area contributed by atoms with Crippen molar-refractivity contribution in [1.29, 1.82) is 0 Å². The minimum Gasteiger partial charge on any atom is -0.465 e. The Morgan fingerprint density at radius 2 is 2.08 bits per heavy atom. The van der Waals surface area contributed by atoms with Gasteiger partial charge in [-0.05, 0) is 31.5 Å². The number of ether oxygens (including phenoxy) is 1. The minimum atomic E-state index is -0.451. The summed E-state index contributed by atoms with van der Waals surface area (Å²) >= 11 is 0. The molecule has 0 saturated carbocycles. The second-order valence-corrected chi connectivity index (χ2v) is 5.66. The van der Waals surface area contributed by atoms with E-state index in [1.165, 1.54) is 13.4 Å². The van der Waals surface area contributed by atoms with E-state index in [0.29, 0.717) is 27.9 Å². The Bertz CT molecular complexity index is 902. The summed E-state index contributed by atoms with van der Waals surface area (Å²) in [6.07, 6.45) is 3.21. The van der Waals surface area contributed by atoms with Crippen LogP contribution in [0.5, 0.6) is 0 Å². The van der Waals surface area contributed by atoms with Crippen LogP contribution >= 0.6 is 0 Å². The molecule has 1 N–H and O–H groups in total. The van der Waals surface area contributed by atoms with Gasteiger partial charge in [0.1, 0.15) is 17.5 Å². The Morgan fingerprint density at radius 3 is 2.75 bits per heavy atom. The summed E-state index contributed by atoms with van der Waals surface area (Å²) in [7, 11) is 1.32. The van der Waals surface area contributed by atoms with Gasteiger partial charge in [-0.1, -0.05) is 6.07 Å². The first kappa shape index (κ1) is 16.1. The van der Waals surface area contributed by atoms with Crippen LogP contribution in [0.15, 0.2) is 30.9 Å². The van der Waals surface area contributed by atoms with Gasteiger partial charge >= 0.3 is 5.97 Å². The molecule has 2 heterocycles. The zero-order valence-electron chi connectivity index (χ0n) is 13.7. The molecule has 3 rings (SSSR count). The molecule has 2 aromatic heterocycles. The number of hydrogen-bond donors (Lipinski definition) is 1. The summed E-state index contributed by atoms with van der Waals surface area (Å²) in [6.45, 7) is 3.87. The van der Waals surface area contributed by atoms with Gasteiger partial charge in [0.05, 0.1) is 25.6 Å². The third kappa shape index (κ3) is 2.63. The highest BCUT2D eigenvalue weighted by atomic mass is 16.5. The number of aliphatic hydroxyl groups is 1. The van der Waals surface area contributed by atoms with E-state index < -0.39 is 5.97 Å². The average Bonchev–Trinajstić information content (AvgIpc) is 3.04. The van der Waals surface area contributed by atoms with E-state index in [4.69, 9.17) is 4.74 Å². The molecule has 0 aliphatic carbocycles. The standard InChI is InChI=1S/C17H18N4O3/c1-10(2)21-9-20-15-14(18-8-19-16(15)21)13-5-4-11(17(23)24-3)6-12(13)7-22/h4-6,8-10,22H,7H2,1-3H3. The van der Waals surface area contributed by atoms with Crippen LogP contribution in [-0.2, 0) is 11.3 Å². The topological polar surface area (TPSA) is 90.1 Å². The molecule has 7 heteroatoms. The first-order valence-electron chi connectivity index (χ1n) is 7.56. The molecular weight excluding hydrogens is 308 g/mol. The highest BCUT2D eigenvalue weighted by Gasteiger charge is 2.17. The number of aliphatic hydroxyl groups excluding tert-OH is 1. The zero-order chi connectivity index (χ0) is 17.3. The zero-order valence-corrected chi connectivity index (χ0v) is 13.7. The fourth-order valence-corrected chi connectivity index (χ4v) is 2.63. The predicted molar refractivity (Wildman–Crippen MR) is 88.4 cm³/mol. The van der Waals surface area contributed by atoms with Crippen molar-refractivity contribution in [2.75, 3.05) is 7.11 Å². The van der Waals surface area contributed by atoms with Crippen molar-refractivity contribution in [2.24, 2.45) is 0 Å². The van der Waals surface area contributed by atoms with Gasteiger partial charge in [-0.15, -0.1) is 0 Å². The van der Waals surface area contributed by atoms with Crippen LogP contribution in [0.2, 0.25) is 0 Å². The Kier molecular flexibility index (Phi) is 4.26. The van der Waals surface area contributed by atoms with Gasteiger partial charge in [0, 0.05) is 11.6 Å². The lowest BCUT2D eigenvalue weighted by atomic mass is 10.0. The molecule has 124 valence electrons. The van der Waals surface area contributed by atoms with E-state index >= 15 is 0 Å². The molecular formula is C17H18N4O3. The first-order chi connectivity index (χ1) is 11.6. The van der Waals surface area contributed by atoms with E-state index in [2.05, 4.69) is 15.0 Å². The van der Waals surface area contributed by atoms with E-state index in [-0.39, 0.29) is 12.6 Å². The predicted octanol–water partition coefficient (Wildman–Crippen LogP) is 2.35. The molecule has 0 radical (unpaired) electrons. The number of benzene rings is 1. The van der Waals surface area contributed by atoms with Gasteiger partial charge in [-0.3, -0.25) is 0 Å². The highest BCUT2D eigenvalue weighted by molar-refractivity contribution is 5.92. The lowest BCUT2D eigenvalue weighted by Crippen LogP contribution is -2.04. The molecule has 0 bridgehead atoms. The number of methoxy groups -OCH3 is 1. The Labute approximate surface area is 139 Å². The number of esters is 1. The average molecular weight is 326 g/mol. The van der Waals surface area contributed by atoms with Crippen LogP contribution in [0.25, 0.3) is 22.4 Å². The fourth-order valence-electron chi connectivity index (χ4n) is 2.63. The molecule has 0 unspecified atom stereocenters. The Hall–Kier alpha value is -2.80. The van der Waals surface area contributed by atoms with Gasteiger partial charge in [0.25, 0.3) is 0 Å². The van der Waals surface area contributed by atoms with Crippen molar-refractivity contribution in [3.8, 4) is 11.3 Å². The lowest BCUT2D eigenvalue weighted by molar-refractivity contribution is 0.0600. The third-order valence-corrected chi connectivity index (χ3v) is 3.87. The van der Waals surface area contributed by atoms with E-state index in [1.807, 2.05) is 18.4 Å². The molecule has 0 spiro atoms. The number of fused-ring (bicyclic) bond motifs is 1. The number of rotatable bonds is 4. The minimum absolute atomic E-state index is 0.219. The molecule has 0 amide bonds. The maximum atomic E-state index is 11.7. The number of aromatic nitrogens is 4. The largest absolute Gasteiger partial charge is 0.465 e. The SMILES string of the molecule is COC(=O)c1ccc(-c2ncnc3c2ncn3C(C)C)c(CO)c1. The van der Waals surface area contributed by atoms with Crippen LogP contribution in [0.1, 0.15) is 35.8 Å². The number of carbonyl (C=O) groups excluding carboxylic acids is 1. The molecule has 7 nitrogen and oxygen atoms in total. The second-order valence-electron chi connectivity index (χ2n) is 5.66. The van der Waals surface area contributed by atoms with E-state index in [0.717, 1.165) is 5.65 Å². The summed E-state index contributed by atoms with van der Waals surface area (Å²) in [5.41, 5.74) is 3.69. The maximum Gasteiger partial charge on any atom is 0.337 e. The molecule has 3 aromatic rings. The van der Waals surface area contributed by atoms with Crippen LogP contribution in [-0.4, -0.2) is 37.7 Å². The molecule has 0 fully saturated rings. The summed E-state index contributed by atoms with van der Waals surface area (Å²) < 4.78 is 6.68. The number of imidazole rings is 1. The normalized spacial score (nSPS) is 11.2. The Morgan fingerprint density at radius 1 is 1.29 bits per heavy atom. The van der Waals surface area contributed by atoms with Crippen LogP contribution in [0.3, 0.4) is 0 Å². The van der Waals surface area contributed by atoms with Gasteiger partial charge in [0.2, 0.25) is 0 Å². The summed E-state index contributed by atoms with van der Waals surface area (Å²) in [5.74, 6) is -0.451. The van der Waals surface area contributed by atoms with Gasteiger partial charge < -0.3 is 14.4 Å². The number of hydrogen-bond acceptors (Lipinski definition) is 6. The molecule has 24 heavy (non-hydrogen) atoms. The van der Waals surface area contributed by atoms with Gasteiger partial charge in [0.15, 0.2) is 5.65 Å². The second kappa shape index (κ2) is 6.37. The maximum absolute atomic E-state index is 11.7. The fraction of sp³-hybridized carbons (Fsp3) is 0.294. The van der Waals surface area contributed by atoms with E-state index in [1.54, 1.807) is 24.5 Å². The first-order valence-corrected chi connectivity index (χ1v) is 7.56. The van der Waals surface area contributed by atoms with Gasteiger partial charge in [-0.25, -0.2) is 19.7 Å². The number of carbonyl (C=O) groups is 1. The van der Waals surface area contributed by atoms with Crippen molar-refractivity contribution >= 4 is 17.1 Å². The summed E-state index contributed by atoms with van der Waals surface area (Å²) in [4.78, 5) is 24.8. The molecule has 0 atom stereocenters. The van der Waals surface area contributed by atoms with E-state index in [9.17, 15) is 9.90 Å². The quantitative estimate of drug-likeness (QED) is 0.740. The van der Waals surface area contributed by atoms with Crippen LogP contribution in [0.4, 0.5) is 0 Å². The molecule has 0 aliphatic rings. The third-order valence-electron chi connectivity index (χ3n) is 3.87. The monoisotopic (exact) mass is 326 g/mol. The van der Waals surface area contributed by atoms with Crippen molar-refractivity contribution in [1.82, 2.24) is 19.5 Å². The smallest absolute Gasteiger partial charge is 0.337 e. The van der Waals surface area contributed by atoms with Crippen molar-refractivity contribution in [2.45, 2.75) is 26.5 Å². The van der Waals surface area contributed by atoms with Crippen molar-refractivity contribution in [3.63, 3.8) is 0 Å². The van der Waals surface area contributed by atoms with Gasteiger partial charge in [-0.2, -0.15) is 0 Å². The van der Waals surface area contributed by atoms with Crippen molar-refractivity contribution < 1.29 is 14.6 Å². The van der Waals surface area contributed by atoms with Crippen LogP contribution < -0.4 is 0 Å².